The zero-order valence-electron chi connectivity index (χ0n) is 9.94. The van der Waals surface area contributed by atoms with Gasteiger partial charge in [0.25, 0.3) is 0 Å². The van der Waals surface area contributed by atoms with Gasteiger partial charge in [-0.25, -0.2) is 0 Å². The van der Waals surface area contributed by atoms with E-state index in [2.05, 4.69) is 20.8 Å². The average Bonchev–Trinajstić information content (AvgIpc) is 2.16. The summed E-state index contributed by atoms with van der Waals surface area (Å²) < 4.78 is 0. The molecule has 96 valence electrons. The van der Waals surface area contributed by atoms with Crippen LogP contribution in [0.1, 0.15) is 93.4 Å². The maximum absolute atomic E-state index is 2.35. The van der Waals surface area contributed by atoms with Crippen molar-refractivity contribution < 1.29 is 0 Å². The van der Waals surface area contributed by atoms with Crippen molar-refractivity contribution in [2.75, 3.05) is 0 Å². The number of hydrogen-bond donors (Lipinski definition) is 0. The van der Waals surface area contributed by atoms with E-state index in [0.717, 1.165) is 5.92 Å². The molecule has 0 N–H and O–H groups in total. The maximum Gasteiger partial charge on any atom is -0.0417 e. The summed E-state index contributed by atoms with van der Waals surface area (Å²) in [6, 6.07) is 0. The lowest BCUT2D eigenvalue weighted by atomic mass is 9.93. The minimum atomic E-state index is 0. The Morgan fingerprint density at radius 1 is 0.667 bits per heavy atom. The lowest BCUT2D eigenvalue weighted by Crippen LogP contribution is -1.98. The Labute approximate surface area is 99.9 Å². The lowest BCUT2D eigenvalue weighted by molar-refractivity contribution is 0.399. The predicted molar refractivity (Wildman–Crippen MR) is 75.5 cm³/mol. The molecule has 0 aromatic heterocycles. The van der Waals surface area contributed by atoms with E-state index < -0.39 is 0 Å². The third kappa shape index (κ3) is 14.0. The molecule has 0 saturated carbocycles. The number of hydrogen-bond acceptors (Lipinski definition) is 0. The fourth-order valence-electron chi connectivity index (χ4n) is 1.92. The van der Waals surface area contributed by atoms with Gasteiger partial charge in [0.1, 0.15) is 0 Å². The lowest BCUT2D eigenvalue weighted by Gasteiger charge is -2.13. The van der Waals surface area contributed by atoms with Gasteiger partial charge in [-0.1, -0.05) is 93.4 Å². The summed E-state index contributed by atoms with van der Waals surface area (Å²) in [5.74, 6) is 1.03. The zero-order valence-corrected chi connectivity index (χ0v) is 9.94. The molecule has 0 atom stereocenters. The summed E-state index contributed by atoms with van der Waals surface area (Å²) in [5, 5.41) is 0. The van der Waals surface area contributed by atoms with Crippen LogP contribution in [-0.2, 0) is 0 Å². The van der Waals surface area contributed by atoms with Gasteiger partial charge < -0.3 is 0 Å². The van der Waals surface area contributed by atoms with Crippen LogP contribution in [0.3, 0.4) is 0 Å². The highest BCUT2D eigenvalue weighted by Crippen LogP contribution is 2.20. The summed E-state index contributed by atoms with van der Waals surface area (Å²) in [5.41, 5.74) is 0. The van der Waals surface area contributed by atoms with Gasteiger partial charge in [-0.15, -0.1) is 0 Å². The number of rotatable bonds is 9. The second kappa shape index (κ2) is 16.4. The summed E-state index contributed by atoms with van der Waals surface area (Å²) in [7, 11) is 0. The molecule has 0 heterocycles. The molecule has 0 fully saturated rings. The molecule has 0 heteroatoms. The largest absolute Gasteiger partial charge is 0.0776 e. The third-order valence-corrected chi connectivity index (χ3v) is 3.01. The van der Waals surface area contributed by atoms with E-state index in [9.17, 15) is 0 Å². The summed E-state index contributed by atoms with van der Waals surface area (Å²) >= 11 is 0. The van der Waals surface area contributed by atoms with E-state index in [4.69, 9.17) is 0 Å². The third-order valence-electron chi connectivity index (χ3n) is 3.01. The van der Waals surface area contributed by atoms with Crippen molar-refractivity contribution >= 4 is 0 Å². The fraction of sp³-hybridized carbons (Fsp3) is 1.00. The van der Waals surface area contributed by atoms with Gasteiger partial charge in [-0.05, 0) is 5.92 Å². The molecule has 0 amide bonds. The molecule has 0 spiro atoms. The first-order valence-electron chi connectivity index (χ1n) is 6.35. The van der Waals surface area contributed by atoms with Crippen LogP contribution in [0.4, 0.5) is 0 Å². The van der Waals surface area contributed by atoms with Crippen molar-refractivity contribution in [2.45, 2.75) is 93.4 Å². The molecule has 0 aromatic carbocycles. The Morgan fingerprint density at radius 3 is 1.33 bits per heavy atom. The van der Waals surface area contributed by atoms with Crippen LogP contribution in [0.25, 0.3) is 0 Å². The van der Waals surface area contributed by atoms with Gasteiger partial charge in [-0.2, -0.15) is 0 Å². The minimum Gasteiger partial charge on any atom is -0.0776 e. The summed E-state index contributed by atoms with van der Waals surface area (Å²) in [6.07, 6.45) is 12.9. The molecule has 0 unspecified atom stereocenters. The first-order chi connectivity index (χ1) is 6.35. The minimum absolute atomic E-state index is 0. The molecular formula is C15H36. The SMILES string of the molecule is C.C.CCCCCC(CC)CCCCC. The molecule has 0 aromatic rings. The molecule has 0 aliphatic carbocycles. The monoisotopic (exact) mass is 216 g/mol. The van der Waals surface area contributed by atoms with Crippen LogP contribution in [0.15, 0.2) is 0 Å². The van der Waals surface area contributed by atoms with Gasteiger partial charge in [0.15, 0.2) is 0 Å². The Hall–Kier alpha value is 0. The standard InChI is InChI=1S/C13H28.2CH4/c1-4-7-9-11-13(6-3)12-10-8-5-2;;/h13H,4-12H2,1-3H3;2*1H4. The van der Waals surface area contributed by atoms with Gasteiger partial charge in [-0.3, -0.25) is 0 Å². The quantitative estimate of drug-likeness (QED) is 0.389. The molecule has 15 heavy (non-hydrogen) atoms. The molecular weight excluding hydrogens is 180 g/mol. The van der Waals surface area contributed by atoms with Crippen molar-refractivity contribution in [1.29, 1.82) is 0 Å². The highest BCUT2D eigenvalue weighted by Gasteiger charge is 2.04. The van der Waals surface area contributed by atoms with Crippen LogP contribution in [0, 0.1) is 5.92 Å². The Bertz CT molecular complexity index is 76.0. The first-order valence-corrected chi connectivity index (χ1v) is 6.35. The molecule has 0 rings (SSSR count). The van der Waals surface area contributed by atoms with Crippen molar-refractivity contribution in [3.8, 4) is 0 Å². The van der Waals surface area contributed by atoms with E-state index in [0.29, 0.717) is 0 Å². The first kappa shape index (κ1) is 20.4. The average molecular weight is 216 g/mol. The van der Waals surface area contributed by atoms with Crippen molar-refractivity contribution in [2.24, 2.45) is 5.92 Å². The smallest absolute Gasteiger partial charge is 0.0417 e. The predicted octanol–water partition coefficient (Wildman–Crippen LogP) is 6.45. The van der Waals surface area contributed by atoms with Gasteiger partial charge in [0.05, 0.1) is 0 Å². The second-order valence-corrected chi connectivity index (χ2v) is 4.27. The van der Waals surface area contributed by atoms with Crippen LogP contribution in [0.5, 0.6) is 0 Å². The molecule has 0 radical (unpaired) electrons. The highest BCUT2D eigenvalue weighted by atomic mass is 14.1. The fourth-order valence-corrected chi connectivity index (χ4v) is 1.92. The normalized spacial score (nSPS) is 9.60. The van der Waals surface area contributed by atoms with E-state index >= 15 is 0 Å². The van der Waals surface area contributed by atoms with Gasteiger partial charge in [0, 0.05) is 0 Å². The Balaban J connectivity index is -0.000000720. The summed E-state index contributed by atoms with van der Waals surface area (Å²) in [4.78, 5) is 0. The molecule has 0 saturated heterocycles. The van der Waals surface area contributed by atoms with Gasteiger partial charge >= 0.3 is 0 Å². The van der Waals surface area contributed by atoms with Gasteiger partial charge in [0.2, 0.25) is 0 Å². The Kier molecular flexibility index (Phi) is 22.4. The summed E-state index contributed by atoms with van der Waals surface area (Å²) in [6.45, 7) is 6.93. The van der Waals surface area contributed by atoms with Crippen molar-refractivity contribution in [3.05, 3.63) is 0 Å². The van der Waals surface area contributed by atoms with E-state index in [1.165, 1.54) is 57.8 Å². The van der Waals surface area contributed by atoms with Crippen molar-refractivity contribution in [1.82, 2.24) is 0 Å². The molecule has 0 aliphatic heterocycles. The van der Waals surface area contributed by atoms with Crippen molar-refractivity contribution in [3.63, 3.8) is 0 Å². The van der Waals surface area contributed by atoms with E-state index in [1.54, 1.807) is 0 Å². The van der Waals surface area contributed by atoms with Crippen LogP contribution < -0.4 is 0 Å². The van der Waals surface area contributed by atoms with E-state index in [1.807, 2.05) is 0 Å². The highest BCUT2D eigenvalue weighted by molar-refractivity contribution is 4.57. The second-order valence-electron chi connectivity index (χ2n) is 4.27. The van der Waals surface area contributed by atoms with Crippen LogP contribution in [0.2, 0.25) is 0 Å². The number of unbranched alkanes of at least 4 members (excludes halogenated alkanes) is 4. The Morgan fingerprint density at radius 2 is 1.07 bits per heavy atom. The maximum atomic E-state index is 2.35. The molecule has 0 aliphatic rings. The topological polar surface area (TPSA) is 0 Å². The van der Waals surface area contributed by atoms with Crippen LogP contribution >= 0.6 is 0 Å². The molecule has 0 bridgehead atoms. The molecule has 0 nitrogen and oxygen atoms in total. The van der Waals surface area contributed by atoms with E-state index in [-0.39, 0.29) is 14.9 Å². The zero-order chi connectivity index (χ0) is 9.94. The van der Waals surface area contributed by atoms with Crippen LogP contribution in [-0.4, -0.2) is 0 Å².